The Balaban J connectivity index is 0.000000240. The largest absolute Gasteiger partial charge is 0.741 e. The summed E-state index contributed by atoms with van der Waals surface area (Å²) in [4.78, 5) is 0. The maximum Gasteiger partial charge on any atom is 0.485 e. The Morgan fingerprint density at radius 2 is 1.86 bits per heavy atom. The Bertz CT molecular complexity index is 710. The number of alkyl halides is 3. The van der Waals surface area contributed by atoms with Gasteiger partial charge in [0.25, 0.3) is 5.52 Å². The van der Waals surface area contributed by atoms with E-state index < -0.39 is 15.6 Å². The number of rotatable bonds is 2. The quantitative estimate of drug-likeness (QED) is 0.362. The summed E-state index contributed by atoms with van der Waals surface area (Å²) in [5.74, 6) is 0. The van der Waals surface area contributed by atoms with Crippen LogP contribution in [-0.4, -0.2) is 24.7 Å². The molecular formula is C11H12F3NO4S2. The minimum atomic E-state index is -6.09. The van der Waals surface area contributed by atoms with E-state index in [2.05, 4.69) is 17.6 Å². The number of benzene rings is 1. The van der Waals surface area contributed by atoms with E-state index in [9.17, 15) is 13.2 Å². The smallest absolute Gasteiger partial charge is 0.485 e. The molecule has 0 fully saturated rings. The van der Waals surface area contributed by atoms with Crippen LogP contribution >= 0.6 is 11.8 Å². The van der Waals surface area contributed by atoms with Crippen molar-refractivity contribution >= 4 is 33.0 Å². The van der Waals surface area contributed by atoms with Gasteiger partial charge in [-0.15, -0.1) is 0 Å². The van der Waals surface area contributed by atoms with Gasteiger partial charge in [0, 0.05) is 6.07 Å². The lowest BCUT2D eigenvalue weighted by atomic mass is 10.3. The normalized spacial score (nSPS) is 12.1. The molecule has 0 amide bonds. The molecule has 0 aliphatic heterocycles. The first kappa shape index (κ1) is 17.8. The topological polar surface area (TPSA) is 74.2 Å². The molecule has 2 rings (SSSR count). The van der Waals surface area contributed by atoms with Gasteiger partial charge in [-0.1, -0.05) is 12.1 Å². The van der Waals surface area contributed by atoms with Gasteiger partial charge in [0.15, 0.2) is 16.7 Å². The molecule has 10 heteroatoms. The van der Waals surface area contributed by atoms with Gasteiger partial charge in [-0.05, 0) is 31.0 Å². The average molecular weight is 343 g/mol. The fourth-order valence-electron chi connectivity index (χ4n) is 1.47. The Labute approximate surface area is 123 Å². The van der Waals surface area contributed by atoms with Crippen LogP contribution in [-0.2, 0) is 16.7 Å². The SMILES string of the molecule is CC[n+]1c(SC)oc2ccccc21.O=S(=O)([O-])C(F)(F)F. The number of aromatic nitrogens is 1. The van der Waals surface area contributed by atoms with Crippen molar-refractivity contribution in [1.29, 1.82) is 0 Å². The van der Waals surface area contributed by atoms with Crippen LogP contribution in [0.15, 0.2) is 33.9 Å². The van der Waals surface area contributed by atoms with E-state index >= 15 is 0 Å². The first-order valence-corrected chi connectivity index (χ1v) is 8.22. The maximum atomic E-state index is 10.7. The second-order valence-corrected chi connectivity index (χ2v) is 5.81. The van der Waals surface area contributed by atoms with E-state index in [0.717, 1.165) is 17.4 Å². The first-order valence-electron chi connectivity index (χ1n) is 5.59. The van der Waals surface area contributed by atoms with Gasteiger partial charge in [-0.25, -0.2) is 8.42 Å². The lowest BCUT2D eigenvalue weighted by molar-refractivity contribution is -0.713. The third-order valence-corrected chi connectivity index (χ3v) is 3.57. The molecule has 0 aliphatic rings. The minimum absolute atomic E-state index is 0.952. The number of hydrogen-bond acceptors (Lipinski definition) is 5. The molecule has 0 N–H and O–H groups in total. The molecule has 0 radical (unpaired) electrons. The zero-order chi connectivity index (χ0) is 16.3. The van der Waals surface area contributed by atoms with Crippen LogP contribution in [0.3, 0.4) is 0 Å². The summed E-state index contributed by atoms with van der Waals surface area (Å²) in [6.07, 6.45) is 2.03. The highest BCUT2D eigenvalue weighted by Crippen LogP contribution is 2.20. The van der Waals surface area contributed by atoms with Crippen molar-refractivity contribution in [3.05, 3.63) is 24.3 Å². The molecule has 118 valence electrons. The second-order valence-electron chi connectivity index (χ2n) is 3.68. The Hall–Kier alpha value is -1.26. The standard InChI is InChI=1S/C10H12NOS.CHF3O3S/c1-3-11-8-6-4-5-7-9(8)12-10(11)13-2;2-1(3,4)8(5,6)7/h4-7H,3H2,1-2H3;(H,5,6,7)/q+1;/p-1. The molecule has 0 saturated heterocycles. The predicted molar refractivity (Wildman–Crippen MR) is 69.6 cm³/mol. The number of halogens is 3. The summed E-state index contributed by atoms with van der Waals surface area (Å²) in [6, 6.07) is 8.12. The zero-order valence-corrected chi connectivity index (χ0v) is 12.7. The van der Waals surface area contributed by atoms with Crippen molar-refractivity contribution in [3.63, 3.8) is 0 Å². The Morgan fingerprint density at radius 1 is 1.33 bits per heavy atom. The molecule has 5 nitrogen and oxygen atoms in total. The molecule has 21 heavy (non-hydrogen) atoms. The highest BCUT2D eigenvalue weighted by Gasteiger charge is 2.36. The number of thioether (sulfide) groups is 1. The maximum absolute atomic E-state index is 10.7. The van der Waals surface area contributed by atoms with Crippen LogP contribution in [0.4, 0.5) is 13.2 Å². The summed E-state index contributed by atoms with van der Waals surface area (Å²) < 4.78 is 66.7. The second kappa shape index (κ2) is 6.67. The molecule has 2 aromatic rings. The van der Waals surface area contributed by atoms with Gasteiger partial charge >= 0.3 is 10.7 Å². The predicted octanol–water partition coefficient (Wildman–Crippen LogP) is 2.51. The van der Waals surface area contributed by atoms with Crippen LogP contribution in [0.2, 0.25) is 0 Å². The highest BCUT2D eigenvalue weighted by atomic mass is 32.2. The van der Waals surface area contributed by atoms with Gasteiger partial charge in [-0.3, -0.25) is 0 Å². The number of nitrogens with zero attached hydrogens (tertiary/aromatic N) is 1. The van der Waals surface area contributed by atoms with Crippen LogP contribution in [0, 0.1) is 0 Å². The van der Waals surface area contributed by atoms with Gasteiger partial charge < -0.3 is 8.97 Å². The van der Waals surface area contributed by atoms with Gasteiger partial charge in [-0.2, -0.15) is 17.7 Å². The fourth-order valence-corrected chi connectivity index (χ4v) is 2.09. The van der Waals surface area contributed by atoms with E-state index in [1.54, 1.807) is 11.8 Å². The van der Waals surface area contributed by atoms with Crippen molar-refractivity contribution < 1.29 is 35.1 Å². The summed E-state index contributed by atoms with van der Waals surface area (Å²) >= 11 is 1.64. The molecule has 0 saturated carbocycles. The van der Waals surface area contributed by atoms with Gasteiger partial charge in [0.05, 0.1) is 0 Å². The zero-order valence-electron chi connectivity index (χ0n) is 11.0. The minimum Gasteiger partial charge on any atom is -0.741 e. The molecule has 1 aromatic heterocycles. The number of fused-ring (bicyclic) bond motifs is 1. The monoisotopic (exact) mass is 343 g/mol. The molecule has 0 bridgehead atoms. The summed E-state index contributed by atoms with van der Waals surface area (Å²) in [6.45, 7) is 3.08. The van der Waals surface area contributed by atoms with E-state index in [1.807, 2.05) is 24.5 Å². The number of hydrogen-bond donors (Lipinski definition) is 0. The Morgan fingerprint density at radius 3 is 2.29 bits per heavy atom. The number of aryl methyl sites for hydroxylation is 1. The third kappa shape index (κ3) is 4.35. The number of oxazole rings is 1. The third-order valence-electron chi connectivity index (χ3n) is 2.35. The Kier molecular flexibility index (Phi) is 5.65. The van der Waals surface area contributed by atoms with E-state index in [1.165, 1.54) is 5.52 Å². The van der Waals surface area contributed by atoms with E-state index in [4.69, 9.17) is 17.4 Å². The lowest BCUT2D eigenvalue weighted by Gasteiger charge is -2.08. The first-order chi connectivity index (χ1) is 9.61. The highest BCUT2D eigenvalue weighted by molar-refractivity contribution is 7.98. The summed E-state index contributed by atoms with van der Waals surface area (Å²) in [5.41, 5.74) is -3.50. The van der Waals surface area contributed by atoms with Crippen molar-refractivity contribution in [1.82, 2.24) is 0 Å². The molecular weight excluding hydrogens is 331 g/mol. The van der Waals surface area contributed by atoms with Crippen LogP contribution in [0.1, 0.15) is 6.92 Å². The van der Waals surface area contributed by atoms with Crippen molar-refractivity contribution in [2.45, 2.75) is 24.2 Å². The molecule has 0 unspecified atom stereocenters. The van der Waals surface area contributed by atoms with Crippen LogP contribution in [0.5, 0.6) is 0 Å². The molecule has 1 aromatic carbocycles. The van der Waals surface area contributed by atoms with Crippen LogP contribution in [0.25, 0.3) is 11.1 Å². The van der Waals surface area contributed by atoms with Crippen molar-refractivity contribution in [3.8, 4) is 0 Å². The molecule has 0 spiro atoms. The van der Waals surface area contributed by atoms with Crippen molar-refractivity contribution in [2.24, 2.45) is 0 Å². The number of para-hydroxylation sites is 2. The van der Waals surface area contributed by atoms with Gasteiger partial charge in [0.2, 0.25) is 5.58 Å². The van der Waals surface area contributed by atoms with E-state index in [0.29, 0.717) is 0 Å². The summed E-state index contributed by atoms with van der Waals surface area (Å²) in [7, 11) is -6.09. The molecule has 1 heterocycles. The average Bonchev–Trinajstić information content (AvgIpc) is 2.74. The molecule has 0 atom stereocenters. The van der Waals surface area contributed by atoms with E-state index in [-0.39, 0.29) is 0 Å². The molecule has 0 aliphatic carbocycles. The van der Waals surface area contributed by atoms with Crippen molar-refractivity contribution in [2.75, 3.05) is 6.26 Å². The fraction of sp³-hybridized carbons (Fsp3) is 0.364. The lowest BCUT2D eigenvalue weighted by Crippen LogP contribution is -2.32. The summed E-state index contributed by atoms with van der Waals surface area (Å²) in [5, 5.41) is 0.976. The van der Waals surface area contributed by atoms with Gasteiger partial charge in [0.1, 0.15) is 0 Å². The van der Waals surface area contributed by atoms with Crippen LogP contribution < -0.4 is 4.57 Å².